The Bertz CT molecular complexity index is 1160. The molecule has 1 aliphatic heterocycles. The molecule has 1 amide bonds. The average Bonchev–Trinajstić information content (AvgIpc) is 2.83. The molecule has 3 aromatic rings. The van der Waals surface area contributed by atoms with Gasteiger partial charge in [0.2, 0.25) is 15.9 Å². The number of ether oxygens (including phenoxy) is 1. The molecular weight excluding hydrogens is 424 g/mol. The van der Waals surface area contributed by atoms with E-state index in [1.165, 1.54) is 0 Å². The van der Waals surface area contributed by atoms with Gasteiger partial charge in [0.25, 0.3) is 0 Å². The molecular formula is C25H28N2O4S. The van der Waals surface area contributed by atoms with Crippen LogP contribution in [0.1, 0.15) is 18.4 Å². The molecule has 1 atom stereocenters. The molecule has 1 saturated heterocycles. The molecule has 4 rings (SSSR count). The molecule has 1 heterocycles. The SMILES string of the molecule is O=C(CNS(=O)(=O)c1cccc2ccccc12)N1CCCC(COCc2ccccc2)C1. The number of benzene rings is 3. The van der Waals surface area contributed by atoms with Gasteiger partial charge in [0, 0.05) is 18.5 Å². The predicted molar refractivity (Wildman–Crippen MR) is 125 cm³/mol. The summed E-state index contributed by atoms with van der Waals surface area (Å²) in [6.07, 6.45) is 1.89. The zero-order chi connectivity index (χ0) is 22.4. The molecule has 1 unspecified atom stereocenters. The van der Waals surface area contributed by atoms with E-state index in [4.69, 9.17) is 4.74 Å². The van der Waals surface area contributed by atoms with Gasteiger partial charge in [0.05, 0.1) is 24.7 Å². The highest BCUT2D eigenvalue weighted by atomic mass is 32.2. The Hall–Kier alpha value is -2.74. The van der Waals surface area contributed by atoms with Crippen LogP contribution >= 0.6 is 0 Å². The molecule has 6 nitrogen and oxygen atoms in total. The van der Waals surface area contributed by atoms with Gasteiger partial charge in [-0.2, -0.15) is 0 Å². The van der Waals surface area contributed by atoms with Crippen molar-refractivity contribution in [2.75, 3.05) is 26.2 Å². The van der Waals surface area contributed by atoms with Gasteiger partial charge < -0.3 is 9.64 Å². The van der Waals surface area contributed by atoms with E-state index in [-0.39, 0.29) is 23.3 Å². The minimum absolute atomic E-state index is 0.189. The normalized spacial score (nSPS) is 16.9. The molecule has 1 aliphatic rings. The van der Waals surface area contributed by atoms with Crippen molar-refractivity contribution in [2.45, 2.75) is 24.3 Å². The second-order valence-electron chi connectivity index (χ2n) is 8.15. The van der Waals surface area contributed by atoms with E-state index in [0.717, 1.165) is 23.8 Å². The topological polar surface area (TPSA) is 75.7 Å². The lowest BCUT2D eigenvalue weighted by Crippen LogP contribution is -2.45. The molecule has 0 bridgehead atoms. The van der Waals surface area contributed by atoms with Gasteiger partial charge in [-0.25, -0.2) is 13.1 Å². The summed E-state index contributed by atoms with van der Waals surface area (Å²) < 4.78 is 34.1. The number of carbonyl (C=O) groups excluding carboxylic acids is 1. The van der Waals surface area contributed by atoms with Crippen LogP contribution in [0.3, 0.4) is 0 Å². The first kappa shape index (κ1) is 22.5. The Morgan fingerprint density at radius 2 is 1.75 bits per heavy atom. The van der Waals surface area contributed by atoms with Gasteiger partial charge in [0.15, 0.2) is 0 Å². The van der Waals surface area contributed by atoms with Crippen LogP contribution in [0.2, 0.25) is 0 Å². The third kappa shape index (κ3) is 5.54. The van der Waals surface area contributed by atoms with Crippen molar-refractivity contribution >= 4 is 26.7 Å². The maximum atomic E-state index is 12.9. The number of likely N-dealkylation sites (tertiary alicyclic amines) is 1. The molecule has 1 N–H and O–H groups in total. The third-order valence-corrected chi connectivity index (χ3v) is 7.25. The molecule has 168 valence electrons. The fourth-order valence-corrected chi connectivity index (χ4v) is 5.32. The van der Waals surface area contributed by atoms with Crippen LogP contribution in [0.4, 0.5) is 0 Å². The minimum Gasteiger partial charge on any atom is -0.376 e. The number of hydrogen-bond donors (Lipinski definition) is 1. The van der Waals surface area contributed by atoms with Crippen molar-refractivity contribution in [3.05, 3.63) is 78.4 Å². The average molecular weight is 453 g/mol. The summed E-state index contributed by atoms with van der Waals surface area (Å²) in [6, 6.07) is 22.5. The lowest BCUT2D eigenvalue weighted by Gasteiger charge is -2.32. The van der Waals surface area contributed by atoms with Crippen LogP contribution in [0, 0.1) is 5.92 Å². The van der Waals surface area contributed by atoms with Crippen LogP contribution in [-0.4, -0.2) is 45.5 Å². The van der Waals surface area contributed by atoms with E-state index in [2.05, 4.69) is 4.72 Å². The largest absolute Gasteiger partial charge is 0.376 e. The second-order valence-corrected chi connectivity index (χ2v) is 9.89. The quantitative estimate of drug-likeness (QED) is 0.567. The highest BCUT2D eigenvalue weighted by molar-refractivity contribution is 7.89. The summed E-state index contributed by atoms with van der Waals surface area (Å²) in [4.78, 5) is 14.7. The lowest BCUT2D eigenvalue weighted by atomic mass is 9.99. The van der Waals surface area contributed by atoms with Crippen LogP contribution in [0.15, 0.2) is 77.7 Å². The van der Waals surface area contributed by atoms with Gasteiger partial charge in [0.1, 0.15) is 0 Å². The van der Waals surface area contributed by atoms with Crippen molar-refractivity contribution < 1.29 is 17.9 Å². The zero-order valence-corrected chi connectivity index (χ0v) is 18.8. The zero-order valence-electron chi connectivity index (χ0n) is 17.9. The van der Waals surface area contributed by atoms with Gasteiger partial charge >= 0.3 is 0 Å². The van der Waals surface area contributed by atoms with Crippen LogP contribution in [-0.2, 0) is 26.2 Å². The van der Waals surface area contributed by atoms with Crippen LogP contribution in [0.5, 0.6) is 0 Å². The fraction of sp³-hybridized carbons (Fsp3) is 0.320. The number of amides is 1. The van der Waals surface area contributed by atoms with E-state index in [1.54, 1.807) is 29.2 Å². The Labute approximate surface area is 189 Å². The van der Waals surface area contributed by atoms with Crippen molar-refractivity contribution in [2.24, 2.45) is 5.92 Å². The summed E-state index contributed by atoms with van der Waals surface area (Å²) in [7, 11) is -3.80. The molecule has 7 heteroatoms. The maximum absolute atomic E-state index is 12.9. The summed E-state index contributed by atoms with van der Waals surface area (Å²) in [5.41, 5.74) is 1.12. The van der Waals surface area contributed by atoms with E-state index >= 15 is 0 Å². The summed E-state index contributed by atoms with van der Waals surface area (Å²) >= 11 is 0. The van der Waals surface area contributed by atoms with E-state index in [1.807, 2.05) is 48.5 Å². The smallest absolute Gasteiger partial charge is 0.241 e. The van der Waals surface area contributed by atoms with Crippen molar-refractivity contribution in [1.82, 2.24) is 9.62 Å². The molecule has 0 radical (unpaired) electrons. The summed E-state index contributed by atoms with van der Waals surface area (Å²) in [5.74, 6) is 0.0488. The first-order chi connectivity index (χ1) is 15.5. The number of nitrogens with zero attached hydrogens (tertiary/aromatic N) is 1. The first-order valence-electron chi connectivity index (χ1n) is 10.9. The predicted octanol–water partition coefficient (Wildman–Crippen LogP) is 3.57. The molecule has 1 fully saturated rings. The number of rotatable bonds is 8. The van der Waals surface area contributed by atoms with Gasteiger partial charge in [-0.05, 0) is 35.8 Å². The number of carbonyl (C=O) groups is 1. The highest BCUT2D eigenvalue weighted by Gasteiger charge is 2.25. The number of sulfonamides is 1. The van der Waals surface area contributed by atoms with E-state index in [0.29, 0.717) is 31.7 Å². The summed E-state index contributed by atoms with van der Waals surface area (Å²) in [6.45, 7) is 2.12. The monoisotopic (exact) mass is 452 g/mol. The van der Waals surface area contributed by atoms with E-state index < -0.39 is 10.0 Å². The first-order valence-corrected chi connectivity index (χ1v) is 12.4. The van der Waals surface area contributed by atoms with Crippen LogP contribution < -0.4 is 4.72 Å². The standard InChI is InChI=1S/C25H28N2O4S/c28-25(16-26-32(29,30)24-14-6-12-22-11-4-5-13-23(22)24)27-15-7-10-21(17-27)19-31-18-20-8-2-1-3-9-20/h1-6,8-9,11-14,21,26H,7,10,15-19H2. The Morgan fingerprint density at radius 1 is 1.00 bits per heavy atom. The Balaban J connectivity index is 1.31. The second kappa shape index (κ2) is 10.3. The van der Waals surface area contributed by atoms with Crippen LogP contribution in [0.25, 0.3) is 10.8 Å². The molecule has 0 saturated carbocycles. The molecule has 3 aromatic carbocycles. The lowest BCUT2D eigenvalue weighted by molar-refractivity contribution is -0.132. The Morgan fingerprint density at radius 3 is 2.59 bits per heavy atom. The molecule has 0 aromatic heterocycles. The van der Waals surface area contributed by atoms with Crippen molar-refractivity contribution in [3.8, 4) is 0 Å². The highest BCUT2D eigenvalue weighted by Crippen LogP contribution is 2.23. The van der Waals surface area contributed by atoms with Crippen molar-refractivity contribution in [1.29, 1.82) is 0 Å². The number of hydrogen-bond acceptors (Lipinski definition) is 4. The minimum atomic E-state index is -3.80. The Kier molecular flexibility index (Phi) is 7.19. The fourth-order valence-electron chi connectivity index (χ4n) is 4.12. The number of nitrogens with one attached hydrogen (secondary N) is 1. The van der Waals surface area contributed by atoms with Gasteiger partial charge in [-0.3, -0.25) is 4.79 Å². The van der Waals surface area contributed by atoms with Gasteiger partial charge in [-0.15, -0.1) is 0 Å². The van der Waals surface area contributed by atoms with Gasteiger partial charge in [-0.1, -0.05) is 66.7 Å². The number of piperidine rings is 1. The molecule has 0 aliphatic carbocycles. The summed E-state index contributed by atoms with van der Waals surface area (Å²) in [5, 5.41) is 1.49. The van der Waals surface area contributed by atoms with Crippen molar-refractivity contribution in [3.63, 3.8) is 0 Å². The number of fused-ring (bicyclic) bond motifs is 1. The molecule has 32 heavy (non-hydrogen) atoms. The molecule has 0 spiro atoms. The maximum Gasteiger partial charge on any atom is 0.241 e. The van der Waals surface area contributed by atoms with E-state index in [9.17, 15) is 13.2 Å². The third-order valence-electron chi connectivity index (χ3n) is 5.79.